The van der Waals surface area contributed by atoms with Crippen molar-refractivity contribution in [2.75, 3.05) is 31.2 Å². The van der Waals surface area contributed by atoms with Gasteiger partial charge in [-0.05, 0) is 0 Å². The van der Waals surface area contributed by atoms with Crippen LogP contribution in [0, 0.1) is 23.5 Å². The summed E-state index contributed by atoms with van der Waals surface area (Å²) in [6, 6.07) is 0. The van der Waals surface area contributed by atoms with E-state index in [1.807, 2.05) is 0 Å². The molecule has 17 heavy (non-hydrogen) atoms. The molecule has 0 fully saturated rings. The second kappa shape index (κ2) is 5.78. The molecule has 96 valence electrons. The molecule has 1 heterocycles. The molecule has 1 aromatic rings. The van der Waals surface area contributed by atoms with E-state index in [1.165, 1.54) is 0 Å². The van der Waals surface area contributed by atoms with Gasteiger partial charge in [-0.3, -0.25) is 0 Å². The molecule has 8 heteroatoms. The van der Waals surface area contributed by atoms with Gasteiger partial charge in [0.15, 0.2) is 0 Å². The van der Waals surface area contributed by atoms with Crippen molar-refractivity contribution in [3.63, 3.8) is 0 Å². The Labute approximate surface area is 94.1 Å². The summed E-state index contributed by atoms with van der Waals surface area (Å²) in [6.07, 6.45) is 0. The summed E-state index contributed by atoms with van der Waals surface area (Å²) in [5, 5.41) is 17.3. The number of pyridine rings is 1. The van der Waals surface area contributed by atoms with Crippen LogP contribution in [0.1, 0.15) is 0 Å². The average molecular weight is 254 g/mol. The highest BCUT2D eigenvalue weighted by Crippen LogP contribution is 2.25. The first kappa shape index (κ1) is 13.7. The molecule has 0 aliphatic carbocycles. The Morgan fingerprint density at radius 2 is 1.29 bits per heavy atom. The van der Waals surface area contributed by atoms with E-state index in [4.69, 9.17) is 10.2 Å². The highest BCUT2D eigenvalue weighted by atomic mass is 19.2. The molecule has 0 radical (unpaired) electrons. The van der Waals surface area contributed by atoms with Crippen molar-refractivity contribution in [2.45, 2.75) is 0 Å². The molecule has 1 rings (SSSR count). The second-order valence-corrected chi connectivity index (χ2v) is 3.10. The fraction of sp³-hybridized carbons (Fsp3) is 0.444. The van der Waals surface area contributed by atoms with Crippen molar-refractivity contribution in [3.8, 4) is 0 Å². The summed E-state index contributed by atoms with van der Waals surface area (Å²) in [7, 11) is 0. The molecule has 0 atom stereocenters. The molecule has 0 saturated carbocycles. The van der Waals surface area contributed by atoms with Crippen LogP contribution in [0.3, 0.4) is 0 Å². The average Bonchev–Trinajstić information content (AvgIpc) is 2.27. The molecule has 4 nitrogen and oxygen atoms in total. The quantitative estimate of drug-likeness (QED) is 0.591. The molecule has 0 spiro atoms. The smallest absolute Gasteiger partial charge is 0.253 e. The minimum absolute atomic E-state index is 0.280. The summed E-state index contributed by atoms with van der Waals surface area (Å²) in [4.78, 5) is 3.19. The maximum atomic E-state index is 13.3. The summed E-state index contributed by atoms with van der Waals surface area (Å²) in [5.74, 6) is -6.88. The molecule has 0 unspecified atom stereocenters. The summed E-state index contributed by atoms with van der Waals surface area (Å²) in [6.45, 7) is -1.55. The number of halogens is 4. The maximum Gasteiger partial charge on any atom is 0.253 e. The van der Waals surface area contributed by atoms with Crippen molar-refractivity contribution in [2.24, 2.45) is 0 Å². The fourth-order valence-electron chi connectivity index (χ4n) is 1.33. The van der Waals surface area contributed by atoms with Gasteiger partial charge in [0, 0.05) is 13.1 Å². The van der Waals surface area contributed by atoms with E-state index < -0.39 is 42.4 Å². The van der Waals surface area contributed by atoms with Gasteiger partial charge in [-0.15, -0.1) is 0 Å². The Kier molecular flexibility index (Phi) is 4.64. The molecule has 0 bridgehead atoms. The zero-order valence-corrected chi connectivity index (χ0v) is 8.63. The van der Waals surface area contributed by atoms with Gasteiger partial charge < -0.3 is 15.1 Å². The van der Waals surface area contributed by atoms with Gasteiger partial charge >= 0.3 is 0 Å². The van der Waals surface area contributed by atoms with Gasteiger partial charge in [-0.25, -0.2) is 0 Å². The van der Waals surface area contributed by atoms with E-state index in [-0.39, 0.29) is 13.1 Å². The topological polar surface area (TPSA) is 56.6 Å². The number of hydrogen-bond donors (Lipinski definition) is 2. The second-order valence-electron chi connectivity index (χ2n) is 3.10. The van der Waals surface area contributed by atoms with Crippen LogP contribution in [0.5, 0.6) is 0 Å². The van der Waals surface area contributed by atoms with Gasteiger partial charge in [0.05, 0.1) is 13.2 Å². The van der Waals surface area contributed by atoms with Crippen molar-refractivity contribution >= 4 is 5.69 Å². The van der Waals surface area contributed by atoms with Crippen molar-refractivity contribution in [1.82, 2.24) is 4.98 Å². The molecule has 0 aliphatic heterocycles. The van der Waals surface area contributed by atoms with Crippen LogP contribution >= 0.6 is 0 Å². The van der Waals surface area contributed by atoms with E-state index in [2.05, 4.69) is 4.98 Å². The molecule has 2 N–H and O–H groups in total. The monoisotopic (exact) mass is 254 g/mol. The summed E-state index contributed by atoms with van der Waals surface area (Å²) in [5.41, 5.74) is -0.988. The van der Waals surface area contributed by atoms with Crippen LogP contribution in [0.4, 0.5) is 23.2 Å². The summed E-state index contributed by atoms with van der Waals surface area (Å²) < 4.78 is 52.2. The Hall–Kier alpha value is -1.41. The molecule has 0 saturated heterocycles. The number of hydrogen-bond acceptors (Lipinski definition) is 4. The van der Waals surface area contributed by atoms with Crippen molar-refractivity contribution < 1.29 is 27.8 Å². The van der Waals surface area contributed by atoms with Gasteiger partial charge in [0.1, 0.15) is 5.69 Å². The number of aliphatic hydroxyl groups excluding tert-OH is 2. The standard InChI is InChI=1S/C9H10F4N2O2/c10-5-7(15(1-3-16)2-4-17)6(11)9(13)14-8(5)12/h16-17H,1-4H2. The number of nitrogens with zero attached hydrogens (tertiary/aromatic N) is 2. The van der Waals surface area contributed by atoms with Crippen LogP contribution in [0.2, 0.25) is 0 Å². The SMILES string of the molecule is OCCN(CCO)c1c(F)c(F)nc(F)c1F. The zero-order valence-electron chi connectivity index (χ0n) is 8.63. The number of anilines is 1. The van der Waals surface area contributed by atoms with Gasteiger partial charge in [0.2, 0.25) is 11.6 Å². The first-order valence-electron chi connectivity index (χ1n) is 4.69. The third-order valence-corrected chi connectivity index (χ3v) is 2.03. The van der Waals surface area contributed by atoms with Gasteiger partial charge in [-0.1, -0.05) is 0 Å². The summed E-state index contributed by atoms with van der Waals surface area (Å²) >= 11 is 0. The molecule has 0 aliphatic rings. The van der Waals surface area contributed by atoms with Crippen LogP contribution < -0.4 is 4.90 Å². The fourth-order valence-corrected chi connectivity index (χ4v) is 1.33. The zero-order chi connectivity index (χ0) is 13.0. The number of aliphatic hydroxyl groups is 2. The lowest BCUT2D eigenvalue weighted by Gasteiger charge is -2.23. The Morgan fingerprint density at radius 3 is 1.65 bits per heavy atom. The highest BCUT2D eigenvalue weighted by molar-refractivity contribution is 5.48. The van der Waals surface area contributed by atoms with Gasteiger partial charge in [-0.2, -0.15) is 22.5 Å². The predicted molar refractivity (Wildman–Crippen MR) is 50.5 cm³/mol. The Balaban J connectivity index is 3.25. The van der Waals surface area contributed by atoms with Crippen LogP contribution in [0.25, 0.3) is 0 Å². The Bertz CT molecular complexity index is 371. The normalized spacial score (nSPS) is 10.7. The first-order valence-corrected chi connectivity index (χ1v) is 4.69. The van der Waals surface area contributed by atoms with Crippen LogP contribution in [-0.4, -0.2) is 41.5 Å². The largest absolute Gasteiger partial charge is 0.395 e. The van der Waals surface area contributed by atoms with E-state index in [1.54, 1.807) is 0 Å². The van der Waals surface area contributed by atoms with Crippen molar-refractivity contribution in [1.29, 1.82) is 0 Å². The van der Waals surface area contributed by atoms with Crippen molar-refractivity contribution in [3.05, 3.63) is 23.5 Å². The van der Waals surface area contributed by atoms with Crippen LogP contribution in [0.15, 0.2) is 0 Å². The number of rotatable bonds is 5. The third kappa shape index (κ3) is 2.83. The lowest BCUT2D eigenvalue weighted by Crippen LogP contribution is -2.32. The molecule has 0 amide bonds. The third-order valence-electron chi connectivity index (χ3n) is 2.03. The highest BCUT2D eigenvalue weighted by Gasteiger charge is 2.24. The molecular formula is C9H10F4N2O2. The minimum atomic E-state index is -1.78. The van der Waals surface area contributed by atoms with E-state index in [9.17, 15) is 17.6 Å². The maximum absolute atomic E-state index is 13.3. The minimum Gasteiger partial charge on any atom is -0.395 e. The van der Waals surface area contributed by atoms with E-state index in [0.717, 1.165) is 4.90 Å². The number of aromatic nitrogens is 1. The lowest BCUT2D eigenvalue weighted by molar-refractivity contribution is 0.278. The molecular weight excluding hydrogens is 244 g/mol. The lowest BCUT2D eigenvalue weighted by atomic mass is 10.3. The van der Waals surface area contributed by atoms with E-state index >= 15 is 0 Å². The van der Waals surface area contributed by atoms with E-state index in [0.29, 0.717) is 0 Å². The molecule has 0 aromatic carbocycles. The first-order chi connectivity index (χ1) is 8.02. The van der Waals surface area contributed by atoms with Gasteiger partial charge in [0.25, 0.3) is 11.9 Å². The predicted octanol–water partition coefficient (Wildman–Crippen LogP) is 0.429. The Morgan fingerprint density at radius 1 is 0.882 bits per heavy atom. The molecule has 1 aromatic heterocycles. The van der Waals surface area contributed by atoms with Crippen LogP contribution in [-0.2, 0) is 0 Å².